The van der Waals surface area contributed by atoms with Gasteiger partial charge in [-0.05, 0) is 0 Å². The average molecular weight is 444 g/mol. The van der Waals surface area contributed by atoms with E-state index in [-0.39, 0.29) is 10.8 Å². The zero-order valence-electron chi connectivity index (χ0n) is 18.0. The molecule has 1 aromatic carbocycles. The van der Waals surface area contributed by atoms with Crippen molar-refractivity contribution in [2.75, 3.05) is 0 Å². The first kappa shape index (κ1) is 20.3. The summed E-state index contributed by atoms with van der Waals surface area (Å²) in [4.78, 5) is 0. The van der Waals surface area contributed by atoms with Gasteiger partial charge >= 0.3 is 164 Å². The normalized spacial score (nSPS) is 21.3. The van der Waals surface area contributed by atoms with Gasteiger partial charge in [-0.3, -0.25) is 0 Å². The van der Waals surface area contributed by atoms with Crippen molar-refractivity contribution in [2.24, 2.45) is 10.8 Å². The molecule has 2 aliphatic rings. The molecule has 0 bridgehead atoms. The van der Waals surface area contributed by atoms with Gasteiger partial charge in [0.1, 0.15) is 0 Å². The molecule has 0 fully saturated rings. The Bertz CT molecular complexity index is 904. The number of benzene rings is 1. The second-order valence-electron chi connectivity index (χ2n) is 11.5. The Hall–Kier alpha value is -0.460. The van der Waals surface area contributed by atoms with Crippen molar-refractivity contribution in [1.82, 2.24) is 0 Å². The Morgan fingerprint density at radius 3 is 2.08 bits per heavy atom. The van der Waals surface area contributed by atoms with Gasteiger partial charge in [-0.15, -0.1) is 0 Å². The van der Waals surface area contributed by atoms with Crippen LogP contribution in [0.3, 0.4) is 0 Å². The van der Waals surface area contributed by atoms with Crippen molar-refractivity contribution in [2.45, 2.75) is 60.9 Å². The molecule has 1 atom stereocenters. The summed E-state index contributed by atoms with van der Waals surface area (Å²) in [6.45, 7) is 16.5. The first-order valence-corrected chi connectivity index (χ1v) is 23.5. The van der Waals surface area contributed by atoms with E-state index in [1.165, 1.54) is 12.0 Å². The van der Waals surface area contributed by atoms with Crippen LogP contribution < -0.4 is 0 Å². The SMILES string of the molecule is CC(C)(C)C1=CC=[C]([Zr]([CH3])([CH3])(=[SiH2])[CH]2C=C(C(C)(C)C)c3ccccc32)C1. The summed E-state index contributed by atoms with van der Waals surface area (Å²) >= 11 is -3.13. The van der Waals surface area contributed by atoms with E-state index in [0.29, 0.717) is 3.63 Å². The van der Waals surface area contributed by atoms with Gasteiger partial charge in [-0.2, -0.15) is 0 Å². The Kier molecular flexibility index (Phi) is 4.69. The molecule has 0 aliphatic heterocycles. The van der Waals surface area contributed by atoms with Crippen LogP contribution in [0.5, 0.6) is 0 Å². The molecule has 0 amide bonds. The molecule has 26 heavy (non-hydrogen) atoms. The molecule has 140 valence electrons. The summed E-state index contributed by atoms with van der Waals surface area (Å²) < 4.78 is 7.75. The van der Waals surface area contributed by atoms with Crippen LogP contribution in [-0.4, -0.2) is 6.88 Å². The van der Waals surface area contributed by atoms with Crippen molar-refractivity contribution in [3.05, 3.63) is 62.5 Å². The fourth-order valence-corrected chi connectivity index (χ4v) is 17.2. The van der Waals surface area contributed by atoms with Crippen LogP contribution in [0.4, 0.5) is 0 Å². The topological polar surface area (TPSA) is 0 Å². The van der Waals surface area contributed by atoms with Crippen molar-refractivity contribution in [3.63, 3.8) is 0 Å². The summed E-state index contributed by atoms with van der Waals surface area (Å²) in [6.07, 6.45) is 8.80. The average Bonchev–Trinajstić information content (AvgIpc) is 3.12. The quantitative estimate of drug-likeness (QED) is 0.443. The van der Waals surface area contributed by atoms with Gasteiger partial charge in [0, 0.05) is 0 Å². The Labute approximate surface area is 163 Å². The number of hydrogen-bond acceptors (Lipinski definition) is 0. The van der Waals surface area contributed by atoms with E-state index in [1.54, 1.807) is 20.0 Å². The van der Waals surface area contributed by atoms with Crippen molar-refractivity contribution < 1.29 is 17.4 Å². The summed E-state index contributed by atoms with van der Waals surface area (Å²) in [6, 6.07) is 9.20. The van der Waals surface area contributed by atoms with Crippen LogP contribution in [0.1, 0.15) is 62.7 Å². The Balaban J connectivity index is 2.08. The van der Waals surface area contributed by atoms with Crippen LogP contribution in [0, 0.1) is 10.8 Å². The van der Waals surface area contributed by atoms with Gasteiger partial charge in [0.05, 0.1) is 0 Å². The van der Waals surface area contributed by atoms with Crippen LogP contribution in [0.2, 0.25) is 9.26 Å². The zero-order chi connectivity index (χ0) is 19.6. The third-order valence-corrected chi connectivity index (χ3v) is 24.0. The monoisotopic (exact) mass is 442 g/mol. The molecular weight excluding hydrogens is 408 g/mol. The van der Waals surface area contributed by atoms with E-state index in [4.69, 9.17) is 0 Å². The first-order chi connectivity index (χ1) is 11.7. The van der Waals surface area contributed by atoms with Crippen LogP contribution in [0.15, 0.2) is 51.3 Å². The third kappa shape index (κ3) is 3.37. The molecule has 2 heteroatoms. The van der Waals surface area contributed by atoms with E-state index in [1.807, 2.05) is 0 Å². The first-order valence-electron chi connectivity index (χ1n) is 10.00. The van der Waals surface area contributed by atoms with Gasteiger partial charge in [0.15, 0.2) is 0 Å². The molecule has 0 radical (unpaired) electrons. The van der Waals surface area contributed by atoms with E-state index in [2.05, 4.69) is 100 Å². The molecule has 0 saturated carbocycles. The van der Waals surface area contributed by atoms with E-state index in [9.17, 15) is 0 Å². The number of allylic oxidation sites excluding steroid dienone is 6. The number of fused-ring (bicyclic) bond motifs is 1. The van der Waals surface area contributed by atoms with Gasteiger partial charge in [0.25, 0.3) is 0 Å². The van der Waals surface area contributed by atoms with Gasteiger partial charge in [-0.1, -0.05) is 0 Å². The van der Waals surface area contributed by atoms with Gasteiger partial charge in [-0.25, -0.2) is 0 Å². The van der Waals surface area contributed by atoms with Crippen molar-refractivity contribution >= 4 is 12.5 Å². The third-order valence-electron chi connectivity index (χ3n) is 6.61. The second-order valence-corrected chi connectivity index (χ2v) is 41.3. The maximum absolute atomic E-state index is 3.13. The number of hydrogen-bond donors (Lipinski definition) is 0. The molecular formula is C24H36SiZr. The molecule has 1 aromatic rings. The van der Waals surface area contributed by atoms with Crippen LogP contribution in [0.25, 0.3) is 5.57 Å². The second kappa shape index (κ2) is 6.02. The predicted molar refractivity (Wildman–Crippen MR) is 117 cm³/mol. The van der Waals surface area contributed by atoms with E-state index >= 15 is 0 Å². The van der Waals surface area contributed by atoms with E-state index < -0.39 is 17.4 Å². The predicted octanol–water partition coefficient (Wildman–Crippen LogP) is 6.76. The Morgan fingerprint density at radius 2 is 1.54 bits per heavy atom. The van der Waals surface area contributed by atoms with Crippen molar-refractivity contribution in [1.29, 1.82) is 0 Å². The van der Waals surface area contributed by atoms with Gasteiger partial charge < -0.3 is 0 Å². The van der Waals surface area contributed by atoms with Crippen molar-refractivity contribution in [3.8, 4) is 0 Å². The molecule has 0 saturated heterocycles. The summed E-state index contributed by atoms with van der Waals surface area (Å²) in [7, 11) is 0. The Morgan fingerprint density at radius 1 is 0.923 bits per heavy atom. The summed E-state index contributed by atoms with van der Waals surface area (Å²) in [5, 5.41) is 0. The van der Waals surface area contributed by atoms with Crippen LogP contribution in [-0.2, 0) is 17.4 Å². The maximum atomic E-state index is 2.68. The van der Waals surface area contributed by atoms with Gasteiger partial charge in [0.2, 0.25) is 0 Å². The molecule has 2 aliphatic carbocycles. The van der Waals surface area contributed by atoms with E-state index in [0.717, 1.165) is 0 Å². The van der Waals surface area contributed by atoms with Crippen LogP contribution >= 0.6 is 0 Å². The zero-order valence-corrected chi connectivity index (χ0v) is 21.9. The molecule has 0 heterocycles. The summed E-state index contributed by atoms with van der Waals surface area (Å²) in [5.41, 5.74) is 6.73. The molecule has 1 unspecified atom stereocenters. The minimum absolute atomic E-state index is 0.200. The molecule has 0 N–H and O–H groups in total. The molecule has 0 aromatic heterocycles. The standard InChI is InChI=1S/C13H15.C9H13.2CH3.H2Si.Zr/c1-13(2,3)12-9-8-10-6-4-5-7-11(10)12;1-9(2,3)8-6-4-5-7-8;;;;/h4-9H,1-3H3;4,6H,7H2,1-3H3;2*1H3;1H2;. The summed E-state index contributed by atoms with van der Waals surface area (Å²) in [5.74, 6) is 0. The fraction of sp³-hybridized carbons (Fsp3) is 0.500. The number of rotatable bonds is 2. The minimum atomic E-state index is -3.13. The molecule has 3 rings (SSSR count). The molecule has 0 nitrogen and oxygen atoms in total. The molecule has 0 spiro atoms. The fourth-order valence-electron chi connectivity index (χ4n) is 4.58.